The third-order valence-electron chi connectivity index (χ3n) is 4.47. The highest BCUT2D eigenvalue weighted by atomic mass is 35.5. The van der Waals surface area contributed by atoms with Gasteiger partial charge >= 0.3 is 5.97 Å². The molecular formula is C19H22ClNO2. The summed E-state index contributed by atoms with van der Waals surface area (Å²) < 4.78 is 0. The minimum atomic E-state index is -0.866. The Kier molecular flexibility index (Phi) is 6.20. The molecule has 1 heterocycles. The van der Waals surface area contributed by atoms with Gasteiger partial charge in [-0.1, -0.05) is 42.5 Å². The number of piperidine rings is 1. The Balaban J connectivity index is 0.00000192. The lowest BCUT2D eigenvalue weighted by molar-refractivity contribution is 0.0697. The van der Waals surface area contributed by atoms with Crippen molar-refractivity contribution in [3.8, 4) is 0 Å². The quantitative estimate of drug-likeness (QED) is 0.913. The van der Waals surface area contributed by atoms with Crippen molar-refractivity contribution in [2.24, 2.45) is 0 Å². The number of carboxylic acids is 1. The maximum absolute atomic E-state index is 10.9. The largest absolute Gasteiger partial charge is 0.478 e. The summed E-state index contributed by atoms with van der Waals surface area (Å²) in [6.07, 6.45) is 2.38. The van der Waals surface area contributed by atoms with Crippen molar-refractivity contribution >= 4 is 18.4 Å². The first kappa shape index (κ1) is 17.5. The highest BCUT2D eigenvalue weighted by Crippen LogP contribution is 2.28. The van der Waals surface area contributed by atoms with Crippen molar-refractivity contribution in [3.05, 3.63) is 71.3 Å². The van der Waals surface area contributed by atoms with Gasteiger partial charge in [0.2, 0.25) is 0 Å². The molecule has 0 atom stereocenters. The van der Waals surface area contributed by atoms with Crippen LogP contribution in [-0.2, 0) is 6.54 Å². The lowest BCUT2D eigenvalue weighted by Gasteiger charge is -2.32. The summed E-state index contributed by atoms with van der Waals surface area (Å²) >= 11 is 0. The summed E-state index contributed by atoms with van der Waals surface area (Å²) in [6.45, 7) is 3.10. The summed E-state index contributed by atoms with van der Waals surface area (Å²) in [5.41, 5.74) is 2.99. The summed E-state index contributed by atoms with van der Waals surface area (Å²) in [7, 11) is 0. The molecule has 1 aliphatic rings. The number of likely N-dealkylation sites (tertiary alicyclic amines) is 1. The zero-order valence-corrected chi connectivity index (χ0v) is 13.8. The van der Waals surface area contributed by atoms with Gasteiger partial charge in [-0.25, -0.2) is 4.79 Å². The molecule has 122 valence electrons. The molecular weight excluding hydrogens is 310 g/mol. The molecule has 0 aromatic heterocycles. The van der Waals surface area contributed by atoms with Crippen LogP contribution in [0, 0.1) is 0 Å². The number of halogens is 1. The minimum absolute atomic E-state index is 0. The van der Waals surface area contributed by atoms with E-state index < -0.39 is 5.97 Å². The van der Waals surface area contributed by atoms with E-state index in [0.717, 1.165) is 19.6 Å². The van der Waals surface area contributed by atoms with Gasteiger partial charge in [0.1, 0.15) is 0 Å². The molecule has 0 bridgehead atoms. The summed E-state index contributed by atoms with van der Waals surface area (Å²) in [5.74, 6) is -0.193. The van der Waals surface area contributed by atoms with Gasteiger partial charge in [0.15, 0.2) is 0 Å². The molecule has 2 aromatic carbocycles. The normalized spacial score (nSPS) is 15.8. The van der Waals surface area contributed by atoms with E-state index in [1.807, 2.05) is 12.1 Å². The lowest BCUT2D eigenvalue weighted by atomic mass is 9.89. The van der Waals surface area contributed by atoms with Crippen LogP contribution in [0.25, 0.3) is 0 Å². The van der Waals surface area contributed by atoms with Crippen LogP contribution in [0.1, 0.15) is 40.2 Å². The molecule has 0 saturated carbocycles. The Hall–Kier alpha value is -1.84. The number of hydrogen-bond donors (Lipinski definition) is 1. The molecule has 0 spiro atoms. The van der Waals surface area contributed by atoms with Crippen LogP contribution in [0.15, 0.2) is 54.6 Å². The highest BCUT2D eigenvalue weighted by Gasteiger charge is 2.20. The van der Waals surface area contributed by atoms with E-state index in [1.54, 1.807) is 12.1 Å². The van der Waals surface area contributed by atoms with Gasteiger partial charge in [0, 0.05) is 6.54 Å². The predicted molar refractivity (Wildman–Crippen MR) is 94.3 cm³/mol. The molecule has 1 aliphatic heterocycles. The van der Waals surface area contributed by atoms with Crippen LogP contribution in [0.3, 0.4) is 0 Å². The predicted octanol–water partition coefficient (Wildman–Crippen LogP) is 4.19. The number of benzene rings is 2. The molecule has 3 nitrogen and oxygen atoms in total. The third-order valence-corrected chi connectivity index (χ3v) is 4.47. The first-order chi connectivity index (χ1) is 10.7. The Morgan fingerprint density at radius 1 is 1.00 bits per heavy atom. The van der Waals surface area contributed by atoms with E-state index in [9.17, 15) is 4.79 Å². The van der Waals surface area contributed by atoms with E-state index in [-0.39, 0.29) is 12.4 Å². The fourth-order valence-electron chi connectivity index (χ4n) is 3.16. The molecule has 0 radical (unpaired) electrons. The molecule has 0 amide bonds. The molecule has 0 unspecified atom stereocenters. The molecule has 1 saturated heterocycles. The summed E-state index contributed by atoms with van der Waals surface area (Å²) in [4.78, 5) is 13.3. The van der Waals surface area contributed by atoms with Crippen LogP contribution < -0.4 is 0 Å². The molecule has 2 aromatic rings. The first-order valence-corrected chi connectivity index (χ1v) is 7.82. The molecule has 1 fully saturated rings. The second-order valence-electron chi connectivity index (χ2n) is 5.96. The Morgan fingerprint density at radius 3 is 2.17 bits per heavy atom. The van der Waals surface area contributed by atoms with Crippen LogP contribution in [0.5, 0.6) is 0 Å². The van der Waals surface area contributed by atoms with Crippen LogP contribution >= 0.6 is 12.4 Å². The van der Waals surface area contributed by atoms with Gasteiger partial charge in [-0.2, -0.15) is 0 Å². The molecule has 23 heavy (non-hydrogen) atoms. The molecule has 3 rings (SSSR count). The number of carboxylic acid groups (broad SMARTS) is 1. The monoisotopic (exact) mass is 331 g/mol. The maximum atomic E-state index is 10.9. The van der Waals surface area contributed by atoms with Crippen molar-refractivity contribution in [1.29, 1.82) is 0 Å². The zero-order valence-electron chi connectivity index (χ0n) is 13.0. The van der Waals surface area contributed by atoms with E-state index in [2.05, 4.69) is 35.2 Å². The van der Waals surface area contributed by atoms with E-state index >= 15 is 0 Å². The Labute approximate surface area is 143 Å². The van der Waals surface area contributed by atoms with Gasteiger partial charge in [0.05, 0.1) is 5.56 Å². The van der Waals surface area contributed by atoms with Crippen molar-refractivity contribution < 1.29 is 9.90 Å². The second kappa shape index (κ2) is 8.14. The average molecular weight is 332 g/mol. The number of rotatable bonds is 4. The number of aromatic carboxylic acids is 1. The van der Waals surface area contributed by atoms with Crippen molar-refractivity contribution in [3.63, 3.8) is 0 Å². The van der Waals surface area contributed by atoms with Gasteiger partial charge in [0.25, 0.3) is 0 Å². The van der Waals surface area contributed by atoms with Crippen LogP contribution in [0.4, 0.5) is 0 Å². The maximum Gasteiger partial charge on any atom is 0.335 e. The summed E-state index contributed by atoms with van der Waals surface area (Å²) in [6, 6.07) is 18.0. The SMILES string of the molecule is Cl.O=C(O)c1ccc(CN2CCC(c3ccccc3)CC2)cc1. The highest BCUT2D eigenvalue weighted by molar-refractivity contribution is 5.87. The number of nitrogens with zero attached hydrogens (tertiary/aromatic N) is 1. The molecule has 1 N–H and O–H groups in total. The van der Waals surface area contributed by atoms with Gasteiger partial charge < -0.3 is 5.11 Å². The number of hydrogen-bond acceptors (Lipinski definition) is 2. The zero-order chi connectivity index (χ0) is 15.4. The topological polar surface area (TPSA) is 40.5 Å². The van der Waals surface area contributed by atoms with Crippen molar-refractivity contribution in [2.75, 3.05) is 13.1 Å². The van der Waals surface area contributed by atoms with E-state index in [0.29, 0.717) is 11.5 Å². The van der Waals surface area contributed by atoms with Crippen molar-refractivity contribution in [1.82, 2.24) is 4.90 Å². The summed E-state index contributed by atoms with van der Waals surface area (Å²) in [5, 5.41) is 8.92. The molecule has 4 heteroatoms. The fraction of sp³-hybridized carbons (Fsp3) is 0.316. The minimum Gasteiger partial charge on any atom is -0.478 e. The standard InChI is InChI=1S/C19H21NO2.ClH/c21-19(22)18-8-6-15(7-9-18)14-20-12-10-17(11-13-20)16-4-2-1-3-5-16;/h1-9,17H,10-14H2,(H,21,22);1H. The fourth-order valence-corrected chi connectivity index (χ4v) is 3.16. The van der Waals surface area contributed by atoms with Gasteiger partial charge in [-0.05, 0) is 55.1 Å². The Morgan fingerprint density at radius 2 is 1.61 bits per heavy atom. The van der Waals surface area contributed by atoms with Crippen LogP contribution in [0.2, 0.25) is 0 Å². The molecule has 0 aliphatic carbocycles. The van der Waals surface area contributed by atoms with E-state index in [4.69, 9.17) is 5.11 Å². The average Bonchev–Trinajstić information content (AvgIpc) is 2.57. The smallest absolute Gasteiger partial charge is 0.335 e. The van der Waals surface area contributed by atoms with E-state index in [1.165, 1.54) is 24.0 Å². The lowest BCUT2D eigenvalue weighted by Crippen LogP contribution is -2.32. The van der Waals surface area contributed by atoms with Gasteiger partial charge in [-0.3, -0.25) is 4.90 Å². The van der Waals surface area contributed by atoms with Gasteiger partial charge in [-0.15, -0.1) is 12.4 Å². The second-order valence-corrected chi connectivity index (χ2v) is 5.96. The third kappa shape index (κ3) is 4.57. The first-order valence-electron chi connectivity index (χ1n) is 7.82. The number of carbonyl (C=O) groups is 1. The van der Waals surface area contributed by atoms with Crippen LogP contribution in [-0.4, -0.2) is 29.1 Å². The van der Waals surface area contributed by atoms with Crippen molar-refractivity contribution in [2.45, 2.75) is 25.3 Å². The Bertz CT molecular complexity index is 620.